The molecular weight excluding hydrogens is 512 g/mol. The number of amides is 1. The van der Waals surface area contributed by atoms with Gasteiger partial charge in [0.05, 0.1) is 5.75 Å². The van der Waals surface area contributed by atoms with Crippen LogP contribution in [0, 0.1) is 5.41 Å². The molecule has 3 atom stereocenters. The first-order valence-electron chi connectivity index (χ1n) is 13.3. The standard InChI is InChI=1S/C31H36N2O5S/c1-31(2)19-23(12-14-27(31)24-10-7-16-32-20-24)22-11-13-25(26(18-22)21-8-5-4-6-9-21)29(34)33-28(30(35)36)15-17-39(3,37)38/h4-11,13,16,18,20,23,27-28H,12,14-15,17,19H2,1-3H3,(H,33,34)(H,35,36). The maximum Gasteiger partial charge on any atom is 0.326 e. The van der Waals surface area contributed by atoms with E-state index in [-0.39, 0.29) is 17.6 Å². The largest absolute Gasteiger partial charge is 0.480 e. The molecular formula is C31H36N2O5S. The monoisotopic (exact) mass is 548 g/mol. The number of rotatable bonds is 9. The lowest BCUT2D eigenvalue weighted by atomic mass is 9.62. The number of benzene rings is 2. The van der Waals surface area contributed by atoms with Crippen molar-refractivity contribution in [3.63, 3.8) is 0 Å². The quantitative estimate of drug-likeness (QED) is 0.368. The zero-order chi connectivity index (χ0) is 28.2. The van der Waals surface area contributed by atoms with Crippen LogP contribution in [0.3, 0.4) is 0 Å². The SMILES string of the molecule is CC1(C)CC(c2ccc(C(=O)NC(CCS(C)(=O)=O)C(=O)O)c(-c3ccccc3)c2)CCC1c1cccnc1. The van der Waals surface area contributed by atoms with Crippen LogP contribution in [-0.4, -0.2) is 48.4 Å². The van der Waals surface area contributed by atoms with E-state index in [0.29, 0.717) is 17.4 Å². The third kappa shape index (κ3) is 7.12. The van der Waals surface area contributed by atoms with E-state index in [0.717, 1.165) is 42.2 Å². The fourth-order valence-electron chi connectivity index (χ4n) is 5.82. The van der Waals surface area contributed by atoms with Gasteiger partial charge in [0.25, 0.3) is 5.91 Å². The molecule has 206 valence electrons. The van der Waals surface area contributed by atoms with E-state index >= 15 is 0 Å². The maximum atomic E-state index is 13.3. The van der Waals surface area contributed by atoms with Crippen LogP contribution < -0.4 is 5.32 Å². The summed E-state index contributed by atoms with van der Waals surface area (Å²) in [6.07, 6.45) is 7.64. The summed E-state index contributed by atoms with van der Waals surface area (Å²) in [5.74, 6) is -1.40. The molecule has 1 amide bonds. The molecule has 2 N–H and O–H groups in total. The Balaban J connectivity index is 1.62. The number of carbonyl (C=O) groups excluding carboxylic acids is 1. The number of carboxylic acids is 1. The van der Waals surface area contributed by atoms with Gasteiger partial charge in [-0.25, -0.2) is 13.2 Å². The van der Waals surface area contributed by atoms with Crippen molar-refractivity contribution < 1.29 is 23.1 Å². The third-order valence-corrected chi connectivity index (χ3v) is 8.81. The molecule has 8 heteroatoms. The second-order valence-electron chi connectivity index (χ2n) is 11.3. The average molecular weight is 549 g/mol. The number of sulfone groups is 1. The molecule has 39 heavy (non-hydrogen) atoms. The average Bonchev–Trinajstić information content (AvgIpc) is 2.90. The molecule has 1 saturated carbocycles. The molecule has 0 spiro atoms. The molecule has 4 rings (SSSR count). The van der Waals surface area contributed by atoms with Gasteiger partial charge in [-0.3, -0.25) is 9.78 Å². The number of aromatic nitrogens is 1. The second-order valence-corrected chi connectivity index (χ2v) is 13.5. The zero-order valence-corrected chi connectivity index (χ0v) is 23.4. The van der Waals surface area contributed by atoms with Gasteiger partial charge in [0.15, 0.2) is 0 Å². The molecule has 1 fully saturated rings. The predicted octanol–water partition coefficient (Wildman–Crippen LogP) is 5.44. The third-order valence-electron chi connectivity index (χ3n) is 7.83. The van der Waals surface area contributed by atoms with Crippen molar-refractivity contribution in [2.45, 2.75) is 57.4 Å². The summed E-state index contributed by atoms with van der Waals surface area (Å²) in [6, 6.07) is 18.2. The molecule has 1 aromatic heterocycles. The highest BCUT2D eigenvalue weighted by molar-refractivity contribution is 7.90. The van der Waals surface area contributed by atoms with Gasteiger partial charge in [-0.05, 0) is 77.3 Å². The molecule has 2 aromatic carbocycles. The molecule has 1 aliphatic rings. The number of nitrogens with one attached hydrogen (secondary N) is 1. The summed E-state index contributed by atoms with van der Waals surface area (Å²) in [5, 5.41) is 12.1. The maximum absolute atomic E-state index is 13.3. The van der Waals surface area contributed by atoms with Crippen LogP contribution in [0.4, 0.5) is 0 Å². The molecule has 0 bridgehead atoms. The molecule has 3 unspecified atom stereocenters. The zero-order valence-electron chi connectivity index (χ0n) is 22.6. The van der Waals surface area contributed by atoms with Crippen LogP contribution in [0.2, 0.25) is 0 Å². The first kappa shape index (κ1) is 28.5. The fourth-order valence-corrected chi connectivity index (χ4v) is 6.48. The van der Waals surface area contributed by atoms with E-state index in [1.165, 1.54) is 5.56 Å². The molecule has 1 aliphatic carbocycles. The number of pyridine rings is 1. The van der Waals surface area contributed by atoms with Gasteiger partial charge >= 0.3 is 5.97 Å². The highest BCUT2D eigenvalue weighted by Gasteiger charge is 2.38. The number of hydrogen-bond acceptors (Lipinski definition) is 5. The lowest BCUT2D eigenvalue weighted by Gasteiger charge is -2.43. The highest BCUT2D eigenvalue weighted by atomic mass is 32.2. The minimum Gasteiger partial charge on any atom is -0.480 e. The van der Waals surface area contributed by atoms with E-state index in [4.69, 9.17) is 0 Å². The first-order chi connectivity index (χ1) is 18.4. The van der Waals surface area contributed by atoms with Crippen LogP contribution in [0.25, 0.3) is 11.1 Å². The van der Waals surface area contributed by atoms with E-state index in [9.17, 15) is 23.1 Å². The Hall–Kier alpha value is -3.52. The predicted molar refractivity (Wildman–Crippen MR) is 152 cm³/mol. The van der Waals surface area contributed by atoms with Gasteiger partial charge in [-0.15, -0.1) is 0 Å². The van der Waals surface area contributed by atoms with Crippen molar-refractivity contribution in [3.05, 3.63) is 89.7 Å². The number of aliphatic carboxylic acids is 1. The molecule has 0 radical (unpaired) electrons. The fraction of sp³-hybridized carbons (Fsp3) is 0.387. The molecule has 1 heterocycles. The van der Waals surface area contributed by atoms with Gasteiger partial charge in [0.1, 0.15) is 15.9 Å². The number of carbonyl (C=O) groups is 2. The van der Waals surface area contributed by atoms with E-state index in [1.807, 2.05) is 48.7 Å². The lowest BCUT2D eigenvalue weighted by Crippen LogP contribution is -2.42. The van der Waals surface area contributed by atoms with Crippen LogP contribution in [-0.2, 0) is 14.6 Å². The summed E-state index contributed by atoms with van der Waals surface area (Å²) in [7, 11) is -3.37. The minimum absolute atomic E-state index is 0.0588. The second kappa shape index (κ2) is 11.7. The summed E-state index contributed by atoms with van der Waals surface area (Å²) in [6.45, 7) is 4.61. The smallest absolute Gasteiger partial charge is 0.326 e. The topological polar surface area (TPSA) is 113 Å². The minimum atomic E-state index is -3.37. The van der Waals surface area contributed by atoms with Crippen LogP contribution in [0.15, 0.2) is 73.1 Å². The highest BCUT2D eigenvalue weighted by Crippen LogP contribution is 2.51. The van der Waals surface area contributed by atoms with Crippen molar-refractivity contribution in [2.75, 3.05) is 12.0 Å². The van der Waals surface area contributed by atoms with Crippen molar-refractivity contribution >= 4 is 21.7 Å². The van der Waals surface area contributed by atoms with Crippen molar-refractivity contribution in [1.82, 2.24) is 10.3 Å². The molecule has 0 saturated heterocycles. The van der Waals surface area contributed by atoms with Crippen molar-refractivity contribution in [3.8, 4) is 11.1 Å². The van der Waals surface area contributed by atoms with Gasteiger partial charge in [-0.1, -0.05) is 62.4 Å². The summed E-state index contributed by atoms with van der Waals surface area (Å²) in [4.78, 5) is 29.4. The Morgan fingerprint density at radius 3 is 2.41 bits per heavy atom. The van der Waals surface area contributed by atoms with Crippen LogP contribution >= 0.6 is 0 Å². The van der Waals surface area contributed by atoms with Crippen molar-refractivity contribution in [1.29, 1.82) is 0 Å². The van der Waals surface area contributed by atoms with E-state index in [2.05, 4.69) is 36.3 Å². The Labute approximate surface area is 230 Å². The summed E-state index contributed by atoms with van der Waals surface area (Å²) < 4.78 is 23.2. The lowest BCUT2D eigenvalue weighted by molar-refractivity contribution is -0.139. The molecule has 7 nitrogen and oxygen atoms in total. The van der Waals surface area contributed by atoms with E-state index in [1.54, 1.807) is 12.3 Å². The Bertz CT molecular complexity index is 1420. The Morgan fingerprint density at radius 1 is 1.05 bits per heavy atom. The van der Waals surface area contributed by atoms with Gasteiger partial charge in [0.2, 0.25) is 0 Å². The number of carboxylic acid groups (broad SMARTS) is 1. The van der Waals surface area contributed by atoms with Crippen LogP contribution in [0.5, 0.6) is 0 Å². The van der Waals surface area contributed by atoms with Crippen LogP contribution in [0.1, 0.15) is 72.9 Å². The number of nitrogens with zero attached hydrogens (tertiary/aromatic N) is 1. The molecule has 3 aromatic rings. The van der Waals surface area contributed by atoms with Gasteiger partial charge in [0, 0.05) is 24.2 Å². The van der Waals surface area contributed by atoms with E-state index < -0.39 is 27.8 Å². The molecule has 0 aliphatic heterocycles. The van der Waals surface area contributed by atoms with Crippen molar-refractivity contribution in [2.24, 2.45) is 5.41 Å². The van der Waals surface area contributed by atoms with Gasteiger partial charge in [-0.2, -0.15) is 0 Å². The summed E-state index contributed by atoms with van der Waals surface area (Å²) >= 11 is 0. The van der Waals surface area contributed by atoms with Gasteiger partial charge < -0.3 is 10.4 Å². The Morgan fingerprint density at radius 2 is 1.79 bits per heavy atom. The summed E-state index contributed by atoms with van der Waals surface area (Å²) in [5.41, 5.74) is 4.42. The first-order valence-corrected chi connectivity index (χ1v) is 15.3. The normalized spacial score (nSPS) is 19.7. The number of hydrogen-bond donors (Lipinski definition) is 2. The Kier molecular flexibility index (Phi) is 8.54.